The topological polar surface area (TPSA) is 39.1 Å². The van der Waals surface area contributed by atoms with Crippen molar-refractivity contribution in [3.63, 3.8) is 0 Å². The molecular weight excluding hydrogens is 324 g/mol. The summed E-state index contributed by atoms with van der Waals surface area (Å²) in [5.74, 6) is -0.441. The molecule has 1 aromatic carbocycles. The number of piperazine rings is 1. The standard InChI is InChI=1S/C16H22FN3.2ClH/c1-16(2,3)15(20-8-6-19-7-9-20)12-4-5-14(17)13(10-12)11-18;;/h4-5,10,15,19H,6-9H2,1-3H3;2*1H/t15-;;/m1../s1. The molecule has 1 atom stereocenters. The van der Waals surface area contributed by atoms with Crippen molar-refractivity contribution in [1.29, 1.82) is 5.26 Å². The Morgan fingerprint density at radius 2 is 1.82 bits per heavy atom. The molecule has 0 radical (unpaired) electrons. The van der Waals surface area contributed by atoms with E-state index >= 15 is 0 Å². The Labute approximate surface area is 144 Å². The molecule has 22 heavy (non-hydrogen) atoms. The molecule has 0 bridgehead atoms. The van der Waals surface area contributed by atoms with E-state index in [9.17, 15) is 4.39 Å². The van der Waals surface area contributed by atoms with E-state index < -0.39 is 5.82 Å². The van der Waals surface area contributed by atoms with E-state index in [0.29, 0.717) is 0 Å². The molecule has 0 aromatic heterocycles. The highest BCUT2D eigenvalue weighted by molar-refractivity contribution is 5.85. The van der Waals surface area contributed by atoms with E-state index in [1.165, 1.54) is 6.07 Å². The van der Waals surface area contributed by atoms with Gasteiger partial charge in [0.1, 0.15) is 11.9 Å². The molecular formula is C16H24Cl2FN3. The molecule has 1 saturated heterocycles. The third-order valence-electron chi connectivity index (χ3n) is 3.76. The smallest absolute Gasteiger partial charge is 0.140 e. The maximum Gasteiger partial charge on any atom is 0.140 e. The molecule has 1 aromatic rings. The van der Waals surface area contributed by atoms with Crippen LogP contribution in [-0.4, -0.2) is 31.1 Å². The van der Waals surface area contributed by atoms with E-state index in [1.807, 2.05) is 12.1 Å². The van der Waals surface area contributed by atoms with Crippen LogP contribution in [0.1, 0.15) is 37.9 Å². The zero-order valence-electron chi connectivity index (χ0n) is 13.2. The molecule has 1 aliphatic rings. The number of nitrogens with one attached hydrogen (secondary N) is 1. The highest BCUT2D eigenvalue weighted by atomic mass is 35.5. The van der Waals surface area contributed by atoms with Gasteiger partial charge in [0.15, 0.2) is 0 Å². The molecule has 0 spiro atoms. The fourth-order valence-electron chi connectivity index (χ4n) is 3.00. The van der Waals surface area contributed by atoms with E-state index in [0.717, 1.165) is 31.7 Å². The van der Waals surface area contributed by atoms with Crippen molar-refractivity contribution in [2.75, 3.05) is 26.2 Å². The van der Waals surface area contributed by atoms with Gasteiger partial charge >= 0.3 is 0 Å². The first kappa shape index (κ1) is 21.1. The van der Waals surface area contributed by atoms with Crippen LogP contribution in [0.3, 0.4) is 0 Å². The predicted molar refractivity (Wildman–Crippen MR) is 92.2 cm³/mol. The van der Waals surface area contributed by atoms with Gasteiger partial charge in [-0.25, -0.2) is 4.39 Å². The minimum Gasteiger partial charge on any atom is -0.314 e. The van der Waals surface area contributed by atoms with Crippen molar-refractivity contribution in [3.05, 3.63) is 35.1 Å². The van der Waals surface area contributed by atoms with Gasteiger partial charge in [-0.2, -0.15) is 5.26 Å². The Bertz CT molecular complexity index is 517. The monoisotopic (exact) mass is 347 g/mol. The Morgan fingerprint density at radius 3 is 2.32 bits per heavy atom. The lowest BCUT2D eigenvalue weighted by atomic mass is 9.80. The van der Waals surface area contributed by atoms with Crippen molar-refractivity contribution in [1.82, 2.24) is 10.2 Å². The fourth-order valence-corrected chi connectivity index (χ4v) is 3.00. The maximum absolute atomic E-state index is 13.5. The third-order valence-corrected chi connectivity index (χ3v) is 3.76. The SMILES string of the molecule is CC(C)(C)[C@@H](c1ccc(F)c(C#N)c1)N1CCNCC1.Cl.Cl. The average molecular weight is 348 g/mol. The maximum atomic E-state index is 13.5. The van der Waals surface area contributed by atoms with Gasteiger partial charge < -0.3 is 5.32 Å². The van der Waals surface area contributed by atoms with E-state index in [-0.39, 0.29) is 41.8 Å². The van der Waals surface area contributed by atoms with Crippen LogP contribution in [0, 0.1) is 22.6 Å². The summed E-state index contributed by atoms with van der Waals surface area (Å²) in [6.07, 6.45) is 0. The van der Waals surface area contributed by atoms with Gasteiger partial charge in [0.05, 0.1) is 5.56 Å². The molecule has 1 N–H and O–H groups in total. The van der Waals surface area contributed by atoms with Gasteiger partial charge in [0.2, 0.25) is 0 Å². The second-order valence-corrected chi connectivity index (χ2v) is 6.41. The van der Waals surface area contributed by atoms with Gasteiger partial charge in [-0.15, -0.1) is 24.8 Å². The summed E-state index contributed by atoms with van der Waals surface area (Å²) in [5.41, 5.74) is 1.19. The summed E-state index contributed by atoms with van der Waals surface area (Å²) >= 11 is 0. The van der Waals surface area contributed by atoms with Gasteiger partial charge in [0.25, 0.3) is 0 Å². The van der Waals surface area contributed by atoms with E-state index in [4.69, 9.17) is 5.26 Å². The minimum atomic E-state index is -0.441. The first-order chi connectivity index (χ1) is 9.43. The number of halogens is 3. The van der Waals surface area contributed by atoms with Gasteiger partial charge in [-0.3, -0.25) is 4.90 Å². The van der Waals surface area contributed by atoms with Crippen molar-refractivity contribution in [3.8, 4) is 6.07 Å². The quantitative estimate of drug-likeness (QED) is 0.889. The largest absolute Gasteiger partial charge is 0.314 e. The average Bonchev–Trinajstić information content (AvgIpc) is 2.40. The van der Waals surface area contributed by atoms with Crippen LogP contribution in [0.2, 0.25) is 0 Å². The lowest BCUT2D eigenvalue weighted by molar-refractivity contribution is 0.0861. The molecule has 0 unspecified atom stereocenters. The molecule has 0 saturated carbocycles. The Balaban J connectivity index is 0.00000220. The number of rotatable bonds is 2. The van der Waals surface area contributed by atoms with Crippen LogP contribution in [-0.2, 0) is 0 Å². The predicted octanol–water partition coefficient (Wildman–Crippen LogP) is 3.53. The number of hydrogen-bond donors (Lipinski definition) is 1. The fraction of sp³-hybridized carbons (Fsp3) is 0.562. The second-order valence-electron chi connectivity index (χ2n) is 6.41. The molecule has 6 heteroatoms. The second kappa shape index (κ2) is 8.69. The molecule has 0 amide bonds. The van der Waals surface area contributed by atoms with E-state index in [1.54, 1.807) is 6.07 Å². The Morgan fingerprint density at radius 1 is 1.23 bits per heavy atom. The minimum absolute atomic E-state index is 0. The summed E-state index contributed by atoms with van der Waals surface area (Å²) < 4.78 is 13.5. The molecule has 3 nitrogen and oxygen atoms in total. The molecule has 124 valence electrons. The van der Waals surface area contributed by atoms with Crippen molar-refractivity contribution < 1.29 is 4.39 Å². The summed E-state index contributed by atoms with van der Waals surface area (Å²) in [6.45, 7) is 10.5. The van der Waals surface area contributed by atoms with Crippen LogP contribution in [0.4, 0.5) is 4.39 Å². The van der Waals surface area contributed by atoms with Gasteiger partial charge in [-0.1, -0.05) is 26.8 Å². The first-order valence-corrected chi connectivity index (χ1v) is 7.08. The highest BCUT2D eigenvalue weighted by Gasteiger charge is 2.32. The summed E-state index contributed by atoms with van der Waals surface area (Å²) in [7, 11) is 0. The summed E-state index contributed by atoms with van der Waals surface area (Å²) in [5, 5.41) is 12.4. The van der Waals surface area contributed by atoms with Crippen molar-refractivity contribution >= 4 is 24.8 Å². The molecule has 1 fully saturated rings. The normalized spacial score (nSPS) is 16.9. The highest BCUT2D eigenvalue weighted by Crippen LogP contribution is 2.38. The van der Waals surface area contributed by atoms with Crippen LogP contribution in [0.15, 0.2) is 18.2 Å². The molecule has 0 aliphatic carbocycles. The van der Waals surface area contributed by atoms with Crippen LogP contribution in [0.5, 0.6) is 0 Å². The first-order valence-electron chi connectivity index (χ1n) is 7.08. The lowest BCUT2D eigenvalue weighted by Crippen LogP contribution is -2.48. The molecule has 2 rings (SSSR count). The Hall–Kier alpha value is -0.860. The number of hydrogen-bond acceptors (Lipinski definition) is 3. The number of benzene rings is 1. The van der Waals surface area contributed by atoms with Crippen molar-refractivity contribution in [2.24, 2.45) is 5.41 Å². The van der Waals surface area contributed by atoms with Crippen LogP contribution < -0.4 is 5.32 Å². The molecule has 1 heterocycles. The van der Waals surface area contributed by atoms with Crippen LogP contribution in [0.25, 0.3) is 0 Å². The number of nitriles is 1. The Kier molecular flexibility index (Phi) is 8.35. The van der Waals surface area contributed by atoms with E-state index in [2.05, 4.69) is 31.0 Å². The summed E-state index contributed by atoms with van der Waals surface area (Å²) in [6, 6.07) is 7.06. The lowest BCUT2D eigenvalue weighted by Gasteiger charge is -2.42. The molecule has 1 aliphatic heterocycles. The van der Waals surface area contributed by atoms with Gasteiger partial charge in [-0.05, 0) is 23.1 Å². The zero-order valence-corrected chi connectivity index (χ0v) is 14.9. The zero-order chi connectivity index (χ0) is 14.8. The van der Waals surface area contributed by atoms with Crippen LogP contribution >= 0.6 is 24.8 Å². The third kappa shape index (κ3) is 4.82. The summed E-state index contributed by atoms with van der Waals surface area (Å²) in [4.78, 5) is 2.42. The number of nitrogens with zero attached hydrogens (tertiary/aromatic N) is 2. The van der Waals surface area contributed by atoms with Gasteiger partial charge in [0, 0.05) is 32.2 Å². The van der Waals surface area contributed by atoms with Crippen molar-refractivity contribution in [2.45, 2.75) is 26.8 Å².